The number of amides is 1. The second-order valence-corrected chi connectivity index (χ2v) is 8.19. The fraction of sp³-hybridized carbons (Fsp3) is 0.100. The molecule has 0 aliphatic carbocycles. The number of ether oxygens (including phenoxy) is 1. The normalized spacial score (nSPS) is 10.5. The number of hydrogen-bond acceptors (Lipinski definition) is 6. The molecule has 1 amide bonds. The number of benzene rings is 2. The molecule has 0 spiro atoms. The Kier molecular flexibility index (Phi) is 6.86. The van der Waals surface area contributed by atoms with Gasteiger partial charge in [0.15, 0.2) is 0 Å². The first-order valence-electron chi connectivity index (χ1n) is 8.61. The van der Waals surface area contributed by atoms with Gasteiger partial charge in [-0.1, -0.05) is 39.7 Å². The maximum Gasteiger partial charge on any atom is 0.341 e. The SMILES string of the molecule is CCOC(=O)c1c(-c2ccc(Br)cc2)csc1NC(=O)c1ccc(Cl)cc1[N+](=O)[O-]. The number of nitrogens with zero attached hydrogens (tertiary/aromatic N) is 1. The van der Waals surface area contributed by atoms with E-state index in [0.717, 1.165) is 27.4 Å². The van der Waals surface area contributed by atoms with Crippen molar-refractivity contribution in [3.05, 3.63) is 78.6 Å². The molecule has 1 N–H and O–H groups in total. The largest absolute Gasteiger partial charge is 0.462 e. The van der Waals surface area contributed by atoms with E-state index in [9.17, 15) is 19.7 Å². The number of halogens is 2. The van der Waals surface area contributed by atoms with E-state index in [1.54, 1.807) is 12.3 Å². The summed E-state index contributed by atoms with van der Waals surface area (Å²) in [5, 5.41) is 16.0. The molecule has 0 bridgehead atoms. The third-order valence-electron chi connectivity index (χ3n) is 4.05. The van der Waals surface area contributed by atoms with Crippen molar-refractivity contribution in [2.24, 2.45) is 0 Å². The summed E-state index contributed by atoms with van der Waals surface area (Å²) < 4.78 is 6.04. The van der Waals surface area contributed by atoms with Crippen LogP contribution in [0.1, 0.15) is 27.6 Å². The van der Waals surface area contributed by atoms with Crippen molar-refractivity contribution in [3.8, 4) is 11.1 Å². The van der Waals surface area contributed by atoms with Crippen molar-refractivity contribution in [2.45, 2.75) is 6.92 Å². The number of thiophene rings is 1. The van der Waals surface area contributed by atoms with E-state index in [-0.39, 0.29) is 27.8 Å². The topological polar surface area (TPSA) is 98.5 Å². The minimum atomic E-state index is -0.729. The van der Waals surface area contributed by atoms with Gasteiger partial charge in [-0.15, -0.1) is 11.3 Å². The summed E-state index contributed by atoms with van der Waals surface area (Å²) in [6.45, 7) is 1.84. The van der Waals surface area contributed by atoms with Crippen LogP contribution in [-0.4, -0.2) is 23.4 Å². The highest BCUT2D eigenvalue weighted by Crippen LogP contribution is 2.37. The molecule has 30 heavy (non-hydrogen) atoms. The Morgan fingerprint density at radius 3 is 2.57 bits per heavy atom. The van der Waals surface area contributed by atoms with Crippen LogP contribution >= 0.6 is 38.9 Å². The van der Waals surface area contributed by atoms with Gasteiger partial charge in [0.2, 0.25) is 0 Å². The third kappa shape index (κ3) is 4.69. The molecule has 0 saturated carbocycles. The van der Waals surface area contributed by atoms with Gasteiger partial charge < -0.3 is 10.1 Å². The van der Waals surface area contributed by atoms with E-state index < -0.39 is 22.5 Å². The molecule has 154 valence electrons. The highest BCUT2D eigenvalue weighted by molar-refractivity contribution is 9.10. The van der Waals surface area contributed by atoms with Gasteiger partial charge in [-0.05, 0) is 36.8 Å². The van der Waals surface area contributed by atoms with Crippen molar-refractivity contribution in [1.29, 1.82) is 0 Å². The summed E-state index contributed by atoms with van der Waals surface area (Å²) in [7, 11) is 0. The molecule has 0 saturated heterocycles. The monoisotopic (exact) mass is 508 g/mol. The van der Waals surface area contributed by atoms with Gasteiger partial charge >= 0.3 is 5.97 Å². The lowest BCUT2D eigenvalue weighted by Gasteiger charge is -2.09. The van der Waals surface area contributed by atoms with E-state index in [1.165, 1.54) is 12.1 Å². The van der Waals surface area contributed by atoms with Crippen LogP contribution in [0.4, 0.5) is 10.7 Å². The maximum atomic E-state index is 12.8. The standard InChI is InChI=1S/C20H14BrClN2O5S/c1-2-29-20(26)17-15(11-3-5-12(21)6-4-11)10-30-19(17)23-18(25)14-8-7-13(22)9-16(14)24(27)28/h3-10H,2H2,1H3,(H,23,25). The molecule has 0 fully saturated rings. The summed E-state index contributed by atoms with van der Waals surface area (Å²) in [4.78, 5) is 36.0. The minimum Gasteiger partial charge on any atom is -0.462 e. The molecule has 3 aromatic rings. The number of hydrogen-bond donors (Lipinski definition) is 1. The second kappa shape index (κ2) is 9.38. The fourth-order valence-electron chi connectivity index (χ4n) is 2.72. The Morgan fingerprint density at radius 2 is 1.93 bits per heavy atom. The summed E-state index contributed by atoms with van der Waals surface area (Å²) in [5.74, 6) is -1.33. The van der Waals surface area contributed by atoms with Gasteiger partial charge in [-0.2, -0.15) is 0 Å². The van der Waals surface area contributed by atoms with E-state index in [1.807, 2.05) is 24.3 Å². The van der Waals surface area contributed by atoms with Crippen LogP contribution in [0.5, 0.6) is 0 Å². The second-order valence-electron chi connectivity index (χ2n) is 5.95. The number of anilines is 1. The Hall–Kier alpha value is -2.75. The molecule has 0 aliphatic rings. The Labute approximate surface area is 188 Å². The van der Waals surface area contributed by atoms with E-state index in [0.29, 0.717) is 5.56 Å². The Balaban J connectivity index is 2.02. The van der Waals surface area contributed by atoms with Gasteiger partial charge in [-0.3, -0.25) is 14.9 Å². The molecule has 0 unspecified atom stereocenters. The molecule has 1 aromatic heterocycles. The van der Waals surface area contributed by atoms with Crippen LogP contribution in [0, 0.1) is 10.1 Å². The first-order valence-corrected chi connectivity index (χ1v) is 10.7. The van der Waals surface area contributed by atoms with Crippen LogP contribution in [0.3, 0.4) is 0 Å². The number of esters is 1. The quantitative estimate of drug-likeness (QED) is 0.243. The van der Waals surface area contributed by atoms with Gasteiger partial charge in [0.25, 0.3) is 11.6 Å². The molecule has 2 aromatic carbocycles. The Morgan fingerprint density at radius 1 is 1.23 bits per heavy atom. The van der Waals surface area contributed by atoms with Gasteiger partial charge in [0.1, 0.15) is 16.1 Å². The number of nitro benzene ring substituents is 1. The summed E-state index contributed by atoms with van der Waals surface area (Å²) >= 11 is 10.3. The number of nitro groups is 1. The lowest BCUT2D eigenvalue weighted by atomic mass is 10.0. The molecule has 3 rings (SSSR count). The minimum absolute atomic E-state index is 0.138. The van der Waals surface area contributed by atoms with Crippen molar-refractivity contribution in [1.82, 2.24) is 0 Å². The molecule has 10 heteroatoms. The molecule has 7 nitrogen and oxygen atoms in total. The average Bonchev–Trinajstić information content (AvgIpc) is 3.12. The van der Waals surface area contributed by atoms with Crippen LogP contribution in [0.15, 0.2) is 52.3 Å². The summed E-state index contributed by atoms with van der Waals surface area (Å²) in [6, 6.07) is 11.1. The van der Waals surface area contributed by atoms with Crippen LogP contribution in [0.2, 0.25) is 5.02 Å². The smallest absolute Gasteiger partial charge is 0.341 e. The van der Waals surface area contributed by atoms with Gasteiger partial charge in [0.05, 0.1) is 11.5 Å². The van der Waals surface area contributed by atoms with E-state index >= 15 is 0 Å². The number of rotatable bonds is 6. The highest BCUT2D eigenvalue weighted by atomic mass is 79.9. The first-order chi connectivity index (χ1) is 14.3. The predicted octanol–water partition coefficient (Wildman–Crippen LogP) is 6.17. The van der Waals surface area contributed by atoms with Gasteiger partial charge in [0, 0.05) is 26.5 Å². The lowest BCUT2D eigenvalue weighted by Crippen LogP contribution is -2.16. The first kappa shape index (κ1) is 21.9. The zero-order chi connectivity index (χ0) is 21.8. The average molecular weight is 510 g/mol. The highest BCUT2D eigenvalue weighted by Gasteiger charge is 2.26. The number of carbonyl (C=O) groups is 2. The van der Waals surface area contributed by atoms with Crippen molar-refractivity contribution < 1.29 is 19.2 Å². The van der Waals surface area contributed by atoms with Crippen LogP contribution in [-0.2, 0) is 4.74 Å². The summed E-state index contributed by atoms with van der Waals surface area (Å²) in [5.41, 5.74) is 0.941. The molecule has 0 atom stereocenters. The molecule has 0 radical (unpaired) electrons. The number of nitrogens with one attached hydrogen (secondary N) is 1. The maximum absolute atomic E-state index is 12.8. The number of carbonyl (C=O) groups excluding carboxylic acids is 2. The van der Waals surface area contributed by atoms with E-state index in [4.69, 9.17) is 16.3 Å². The molecule has 1 heterocycles. The van der Waals surface area contributed by atoms with Crippen molar-refractivity contribution >= 4 is 61.4 Å². The molecular weight excluding hydrogens is 496 g/mol. The molecular formula is C20H14BrClN2O5S. The predicted molar refractivity (Wildman–Crippen MR) is 119 cm³/mol. The Bertz CT molecular complexity index is 1130. The van der Waals surface area contributed by atoms with Crippen LogP contribution in [0.25, 0.3) is 11.1 Å². The molecule has 0 aliphatic heterocycles. The van der Waals surface area contributed by atoms with Crippen molar-refractivity contribution in [3.63, 3.8) is 0 Å². The van der Waals surface area contributed by atoms with Gasteiger partial charge in [-0.25, -0.2) is 4.79 Å². The third-order valence-corrected chi connectivity index (χ3v) is 5.71. The zero-order valence-corrected chi connectivity index (χ0v) is 18.6. The fourth-order valence-corrected chi connectivity index (χ4v) is 4.10. The van der Waals surface area contributed by atoms with E-state index in [2.05, 4.69) is 21.2 Å². The lowest BCUT2D eigenvalue weighted by molar-refractivity contribution is -0.385. The van der Waals surface area contributed by atoms with Crippen molar-refractivity contribution in [2.75, 3.05) is 11.9 Å². The summed E-state index contributed by atoms with van der Waals surface area (Å²) in [6.07, 6.45) is 0. The van der Waals surface area contributed by atoms with Crippen LogP contribution < -0.4 is 5.32 Å². The zero-order valence-electron chi connectivity index (χ0n) is 15.5.